The number of aliphatic hydroxyl groups is 1. The zero-order chi connectivity index (χ0) is 22.8. The Kier molecular flexibility index (Phi) is 5.82. The summed E-state index contributed by atoms with van der Waals surface area (Å²) in [4.78, 5) is 27.9. The number of ketones is 1. The molecule has 0 radical (unpaired) electrons. The number of phenols is 1. The van der Waals surface area contributed by atoms with Crippen LogP contribution in [0.25, 0.3) is 0 Å². The van der Waals surface area contributed by atoms with Crippen molar-refractivity contribution in [3.05, 3.63) is 106 Å². The van der Waals surface area contributed by atoms with E-state index in [2.05, 4.69) is 0 Å². The lowest BCUT2D eigenvalue weighted by atomic mass is 9.93. The van der Waals surface area contributed by atoms with Crippen molar-refractivity contribution in [2.45, 2.75) is 32.7 Å². The molecular weight excluding hydrogens is 402 g/mol. The number of phenolic OH excluding ortho intramolecular Hbond substituents is 1. The van der Waals surface area contributed by atoms with E-state index < -0.39 is 17.7 Å². The number of aliphatic hydroxyl groups excluding tert-OH is 1. The molecule has 32 heavy (non-hydrogen) atoms. The van der Waals surface area contributed by atoms with Crippen molar-refractivity contribution in [2.75, 3.05) is 4.90 Å². The third-order valence-corrected chi connectivity index (χ3v) is 5.69. The molecule has 0 saturated heterocycles. The molecule has 3 aromatic rings. The van der Waals surface area contributed by atoms with Crippen LogP contribution in [0.5, 0.6) is 5.75 Å². The fraction of sp³-hybridized carbons (Fsp3) is 0.185. The van der Waals surface area contributed by atoms with Gasteiger partial charge in [-0.2, -0.15) is 0 Å². The molecule has 2 N–H and O–H groups in total. The van der Waals surface area contributed by atoms with Gasteiger partial charge in [0.05, 0.1) is 11.6 Å². The Morgan fingerprint density at radius 2 is 1.53 bits per heavy atom. The molecule has 5 heteroatoms. The van der Waals surface area contributed by atoms with Gasteiger partial charge in [-0.1, -0.05) is 48.5 Å². The Labute approximate surface area is 187 Å². The van der Waals surface area contributed by atoms with E-state index in [9.17, 15) is 19.8 Å². The zero-order valence-electron chi connectivity index (χ0n) is 18.1. The average molecular weight is 428 g/mol. The fourth-order valence-electron chi connectivity index (χ4n) is 4.26. The van der Waals surface area contributed by atoms with Crippen LogP contribution in [0, 0.1) is 13.8 Å². The number of hydrogen-bond acceptors (Lipinski definition) is 4. The smallest absolute Gasteiger partial charge is 0.294 e. The molecule has 1 aliphatic heterocycles. The molecule has 0 saturated carbocycles. The number of amides is 1. The Morgan fingerprint density at radius 3 is 2.16 bits per heavy atom. The van der Waals surface area contributed by atoms with Gasteiger partial charge in [-0.05, 0) is 66.8 Å². The van der Waals surface area contributed by atoms with Crippen LogP contribution in [0.4, 0.5) is 5.69 Å². The predicted molar refractivity (Wildman–Crippen MR) is 124 cm³/mol. The molecule has 0 aromatic heterocycles. The van der Waals surface area contributed by atoms with Gasteiger partial charge in [0, 0.05) is 12.1 Å². The maximum Gasteiger partial charge on any atom is 0.294 e. The second-order valence-electron chi connectivity index (χ2n) is 8.19. The van der Waals surface area contributed by atoms with Crippen LogP contribution < -0.4 is 4.90 Å². The summed E-state index contributed by atoms with van der Waals surface area (Å²) >= 11 is 0. The molecule has 0 aliphatic carbocycles. The van der Waals surface area contributed by atoms with Gasteiger partial charge < -0.3 is 10.2 Å². The summed E-state index contributed by atoms with van der Waals surface area (Å²) in [7, 11) is 0. The number of hydrogen-bond donors (Lipinski definition) is 2. The van der Waals surface area contributed by atoms with Gasteiger partial charge in [0.1, 0.15) is 5.75 Å². The highest BCUT2D eigenvalue weighted by atomic mass is 16.3. The average Bonchev–Trinajstić information content (AvgIpc) is 3.03. The summed E-state index contributed by atoms with van der Waals surface area (Å²) in [6, 6.07) is 21.0. The molecule has 1 aliphatic rings. The minimum absolute atomic E-state index is 0.0844. The number of rotatable bonds is 6. The Morgan fingerprint density at radius 1 is 0.906 bits per heavy atom. The van der Waals surface area contributed by atoms with Crippen LogP contribution in [0.1, 0.15) is 34.7 Å². The minimum atomic E-state index is -0.771. The zero-order valence-corrected chi connectivity index (χ0v) is 18.1. The maximum atomic E-state index is 13.3. The molecule has 3 aromatic carbocycles. The van der Waals surface area contributed by atoms with Gasteiger partial charge in [0.25, 0.3) is 5.91 Å². The lowest BCUT2D eigenvalue weighted by Gasteiger charge is -2.27. The number of nitrogens with zero attached hydrogens (tertiary/aromatic N) is 1. The van der Waals surface area contributed by atoms with Gasteiger partial charge in [0.15, 0.2) is 11.5 Å². The van der Waals surface area contributed by atoms with Crippen LogP contribution in [0.2, 0.25) is 0 Å². The summed E-state index contributed by atoms with van der Waals surface area (Å²) in [5.74, 6) is -1.30. The highest BCUT2D eigenvalue weighted by Crippen LogP contribution is 2.42. The summed E-state index contributed by atoms with van der Waals surface area (Å²) < 4.78 is 0. The second kappa shape index (κ2) is 8.71. The SMILES string of the molecule is Cc1cc(C)cc(N2C(=O)C(O)=C(C(=O)CCc3ccccc3)C2c2ccc(O)cc2)c1. The molecule has 1 heterocycles. The molecule has 162 valence electrons. The number of aryl methyl sites for hydroxylation is 3. The van der Waals surface area contributed by atoms with Gasteiger partial charge in [-0.3, -0.25) is 14.5 Å². The van der Waals surface area contributed by atoms with Gasteiger partial charge in [-0.15, -0.1) is 0 Å². The summed E-state index contributed by atoms with van der Waals surface area (Å²) in [5.41, 5.74) is 4.31. The monoisotopic (exact) mass is 427 g/mol. The van der Waals surface area contributed by atoms with Crippen LogP contribution in [0.15, 0.2) is 84.1 Å². The van der Waals surface area contributed by atoms with E-state index in [-0.39, 0.29) is 23.5 Å². The molecule has 1 amide bonds. The first-order valence-corrected chi connectivity index (χ1v) is 10.6. The van der Waals surface area contributed by atoms with Crippen LogP contribution in [0.3, 0.4) is 0 Å². The van der Waals surface area contributed by atoms with Gasteiger partial charge in [0.2, 0.25) is 0 Å². The van der Waals surface area contributed by atoms with Crippen molar-refractivity contribution in [1.82, 2.24) is 0 Å². The molecule has 1 unspecified atom stereocenters. The number of anilines is 1. The van der Waals surface area contributed by atoms with Crippen LogP contribution in [-0.2, 0) is 16.0 Å². The topological polar surface area (TPSA) is 77.8 Å². The van der Waals surface area contributed by atoms with Crippen molar-refractivity contribution >= 4 is 17.4 Å². The highest BCUT2D eigenvalue weighted by Gasteiger charge is 2.44. The number of Topliss-reactive ketones (excluding diaryl/α,β-unsaturated/α-hetero) is 1. The van der Waals surface area contributed by atoms with E-state index in [4.69, 9.17) is 0 Å². The normalized spacial score (nSPS) is 16.0. The summed E-state index contributed by atoms with van der Waals surface area (Å²) in [6.45, 7) is 3.87. The Hall–Kier alpha value is -3.86. The van der Waals surface area contributed by atoms with Crippen LogP contribution >= 0.6 is 0 Å². The minimum Gasteiger partial charge on any atom is -0.508 e. The molecular formula is C27H25NO4. The molecule has 0 fully saturated rings. The van der Waals surface area contributed by atoms with E-state index >= 15 is 0 Å². The van der Waals surface area contributed by atoms with E-state index in [0.717, 1.165) is 16.7 Å². The molecule has 1 atom stereocenters. The third-order valence-electron chi connectivity index (χ3n) is 5.69. The lowest BCUT2D eigenvalue weighted by Crippen LogP contribution is -2.31. The van der Waals surface area contributed by atoms with E-state index in [1.807, 2.05) is 62.4 Å². The van der Waals surface area contributed by atoms with E-state index in [1.165, 1.54) is 17.0 Å². The van der Waals surface area contributed by atoms with Gasteiger partial charge in [-0.25, -0.2) is 0 Å². The van der Waals surface area contributed by atoms with E-state index in [0.29, 0.717) is 17.7 Å². The lowest BCUT2D eigenvalue weighted by molar-refractivity contribution is -0.118. The highest BCUT2D eigenvalue weighted by molar-refractivity contribution is 6.16. The number of carbonyl (C=O) groups is 2. The van der Waals surface area contributed by atoms with Crippen molar-refractivity contribution < 1.29 is 19.8 Å². The maximum absolute atomic E-state index is 13.3. The third kappa shape index (κ3) is 4.14. The number of aromatic hydroxyl groups is 1. The number of benzene rings is 3. The predicted octanol–water partition coefficient (Wildman–Crippen LogP) is 5.11. The summed E-state index contributed by atoms with van der Waals surface area (Å²) in [6.07, 6.45) is 0.683. The first-order valence-electron chi connectivity index (χ1n) is 10.6. The largest absolute Gasteiger partial charge is 0.508 e. The van der Waals surface area contributed by atoms with Crippen molar-refractivity contribution in [3.8, 4) is 5.75 Å². The first kappa shape index (κ1) is 21.4. The van der Waals surface area contributed by atoms with Crippen molar-refractivity contribution in [3.63, 3.8) is 0 Å². The Balaban J connectivity index is 1.75. The Bertz CT molecular complexity index is 1180. The molecule has 4 rings (SSSR count). The second-order valence-corrected chi connectivity index (χ2v) is 8.19. The quantitative estimate of drug-likeness (QED) is 0.573. The van der Waals surface area contributed by atoms with E-state index in [1.54, 1.807) is 12.1 Å². The van der Waals surface area contributed by atoms with Crippen molar-refractivity contribution in [1.29, 1.82) is 0 Å². The van der Waals surface area contributed by atoms with Crippen LogP contribution in [-0.4, -0.2) is 21.9 Å². The van der Waals surface area contributed by atoms with Crippen molar-refractivity contribution in [2.24, 2.45) is 0 Å². The molecule has 0 spiro atoms. The number of carbonyl (C=O) groups excluding carboxylic acids is 2. The fourth-order valence-corrected chi connectivity index (χ4v) is 4.26. The molecule has 0 bridgehead atoms. The van der Waals surface area contributed by atoms with Gasteiger partial charge >= 0.3 is 0 Å². The standard InChI is InChI=1S/C27H25NO4/c1-17-14-18(2)16-21(15-17)28-25(20-9-11-22(29)12-10-20)24(26(31)27(28)32)23(30)13-8-19-6-4-3-5-7-19/h3-7,9-12,14-16,25,29,31H,8,13H2,1-2H3. The summed E-state index contributed by atoms with van der Waals surface area (Å²) in [5, 5.41) is 20.5. The molecule has 5 nitrogen and oxygen atoms in total. The first-order chi connectivity index (χ1) is 15.3.